The van der Waals surface area contributed by atoms with Crippen LogP contribution in [0.3, 0.4) is 0 Å². The minimum absolute atomic E-state index is 0.972. The smallest absolute Gasteiger partial charge is 0.169 e. The van der Waals surface area contributed by atoms with Crippen molar-refractivity contribution >= 4 is 11.9 Å². The topological polar surface area (TPSA) is 88.0 Å². The fraction of sp³-hybridized carbons (Fsp3) is 0.478. The van der Waals surface area contributed by atoms with Gasteiger partial charge in [0, 0.05) is 36.2 Å². The molecule has 0 bridgehead atoms. The maximum Gasteiger partial charge on any atom is 0.169 e. The lowest BCUT2D eigenvalue weighted by molar-refractivity contribution is -0.693. The van der Waals surface area contributed by atoms with Gasteiger partial charge in [0.1, 0.15) is 13.1 Å². The molecule has 0 aromatic carbocycles. The number of hydrogen-bond donors (Lipinski definition) is 0. The summed E-state index contributed by atoms with van der Waals surface area (Å²) in [7, 11) is 0. The highest BCUT2D eigenvalue weighted by molar-refractivity contribution is 5.60. The van der Waals surface area contributed by atoms with Crippen LogP contribution in [-0.2, 0) is 35.5 Å². The molecule has 0 saturated carbocycles. The van der Waals surface area contributed by atoms with Crippen molar-refractivity contribution in [2.24, 2.45) is 0 Å². The van der Waals surface area contributed by atoms with Crippen molar-refractivity contribution in [3.8, 4) is 0 Å². The molecule has 162 valence electrons. The minimum atomic E-state index is -1.08. The van der Waals surface area contributed by atoms with Crippen molar-refractivity contribution < 1.29 is 28.9 Å². The Labute approximate surface area is 175 Å². The Morgan fingerprint density at radius 2 is 1.03 bits per heavy atom. The Bertz CT molecular complexity index is 625. The molecule has 0 aliphatic carbocycles. The highest BCUT2D eigenvalue weighted by Crippen LogP contribution is 1.98. The van der Waals surface area contributed by atoms with E-state index in [0.717, 1.165) is 33.4 Å². The molecule has 2 rings (SSSR count). The highest BCUT2D eigenvalue weighted by Gasteiger charge is 1.95. The number of carboxylic acids is 2. The van der Waals surface area contributed by atoms with Gasteiger partial charge in [-0.3, -0.25) is 0 Å². The molecule has 0 unspecified atom stereocenters. The number of carbonyl (C=O) groups excluding carboxylic acids is 2. The van der Waals surface area contributed by atoms with Gasteiger partial charge in [-0.1, -0.05) is 20.3 Å². The van der Waals surface area contributed by atoms with Gasteiger partial charge in [0.2, 0.25) is 0 Å². The van der Waals surface area contributed by atoms with E-state index < -0.39 is 11.9 Å². The number of rotatable bonds is 5. The van der Waals surface area contributed by atoms with Crippen LogP contribution in [0, 0.1) is 0 Å². The summed E-state index contributed by atoms with van der Waals surface area (Å²) in [6.45, 7) is 12.7. The van der Waals surface area contributed by atoms with Crippen molar-refractivity contribution in [3.05, 3.63) is 60.2 Å². The van der Waals surface area contributed by atoms with E-state index in [1.165, 1.54) is 24.0 Å². The second-order valence-corrected chi connectivity index (χ2v) is 6.16. The van der Waals surface area contributed by atoms with Crippen LogP contribution in [0.25, 0.3) is 0 Å². The van der Waals surface area contributed by atoms with Gasteiger partial charge >= 0.3 is 0 Å². The van der Waals surface area contributed by atoms with Crippen LogP contribution in [0.2, 0.25) is 0 Å². The summed E-state index contributed by atoms with van der Waals surface area (Å²) in [6.07, 6.45) is 12.1. The number of carbonyl (C=O) groups is 2. The molecule has 0 amide bonds. The zero-order valence-electron chi connectivity index (χ0n) is 18.7. The van der Waals surface area contributed by atoms with Gasteiger partial charge in [0.15, 0.2) is 24.8 Å². The van der Waals surface area contributed by atoms with Gasteiger partial charge in [0.25, 0.3) is 0 Å². The van der Waals surface area contributed by atoms with Crippen molar-refractivity contribution in [3.63, 3.8) is 0 Å². The largest absolute Gasteiger partial charge is 0.550 e. The second kappa shape index (κ2) is 18.6. The number of aliphatic carboxylic acids is 2. The molecular weight excluding hydrogens is 368 g/mol. The van der Waals surface area contributed by atoms with Crippen LogP contribution in [0.15, 0.2) is 49.1 Å². The quantitative estimate of drug-likeness (QED) is 0.696. The van der Waals surface area contributed by atoms with Crippen molar-refractivity contribution in [1.82, 2.24) is 0 Å². The Morgan fingerprint density at radius 1 is 0.724 bits per heavy atom. The fourth-order valence-electron chi connectivity index (χ4n) is 2.09. The maximum absolute atomic E-state index is 8.89. The maximum atomic E-state index is 8.89. The molecular formula is C23H36N2O4. The average molecular weight is 405 g/mol. The molecule has 2 aromatic rings. The van der Waals surface area contributed by atoms with E-state index in [9.17, 15) is 0 Å². The SMILES string of the molecule is CC(=O)[O-].CC(=O)[O-].CCCc1cc[n+](CC)cc1.CCc1cc[n+](CC)cc1. The zero-order valence-corrected chi connectivity index (χ0v) is 18.7. The number of aromatic nitrogens is 2. The Morgan fingerprint density at radius 3 is 1.28 bits per heavy atom. The summed E-state index contributed by atoms with van der Waals surface area (Å²) >= 11 is 0. The van der Waals surface area contributed by atoms with E-state index >= 15 is 0 Å². The van der Waals surface area contributed by atoms with Crippen LogP contribution < -0.4 is 19.3 Å². The number of aryl methyl sites for hydroxylation is 4. The molecule has 0 spiro atoms. The molecule has 2 aromatic heterocycles. The van der Waals surface area contributed by atoms with E-state index in [-0.39, 0.29) is 0 Å². The first-order chi connectivity index (χ1) is 13.7. The lowest BCUT2D eigenvalue weighted by Crippen LogP contribution is -2.30. The van der Waals surface area contributed by atoms with Gasteiger partial charge < -0.3 is 19.8 Å². The van der Waals surface area contributed by atoms with E-state index in [1.807, 2.05) is 0 Å². The van der Waals surface area contributed by atoms with Crippen LogP contribution in [0.1, 0.15) is 59.1 Å². The lowest BCUT2D eigenvalue weighted by Gasteiger charge is -1.95. The molecule has 2 heterocycles. The van der Waals surface area contributed by atoms with E-state index in [0.29, 0.717) is 0 Å². The van der Waals surface area contributed by atoms with Crippen molar-refractivity contribution in [2.45, 2.75) is 73.9 Å². The fourth-order valence-corrected chi connectivity index (χ4v) is 2.09. The monoisotopic (exact) mass is 404 g/mol. The van der Waals surface area contributed by atoms with E-state index in [4.69, 9.17) is 19.8 Å². The zero-order chi connectivity index (χ0) is 22.7. The van der Waals surface area contributed by atoms with Crippen molar-refractivity contribution in [1.29, 1.82) is 0 Å². The van der Waals surface area contributed by atoms with Crippen molar-refractivity contribution in [2.75, 3.05) is 0 Å². The molecule has 29 heavy (non-hydrogen) atoms. The lowest BCUT2D eigenvalue weighted by atomic mass is 10.2. The third-order valence-electron chi connectivity index (χ3n) is 3.60. The number of carboxylic acid groups (broad SMARTS) is 2. The van der Waals surface area contributed by atoms with Gasteiger partial charge in [-0.25, -0.2) is 9.13 Å². The number of hydrogen-bond acceptors (Lipinski definition) is 4. The predicted molar refractivity (Wildman–Crippen MR) is 109 cm³/mol. The first-order valence-corrected chi connectivity index (χ1v) is 10.0. The van der Waals surface area contributed by atoms with E-state index in [2.05, 4.69) is 85.9 Å². The summed E-state index contributed by atoms with van der Waals surface area (Å²) < 4.78 is 4.35. The molecule has 0 aliphatic heterocycles. The van der Waals surface area contributed by atoms with Gasteiger partial charge in [-0.15, -0.1) is 0 Å². The number of nitrogens with zero attached hydrogens (tertiary/aromatic N) is 2. The molecule has 0 radical (unpaired) electrons. The Hall–Kier alpha value is -2.76. The molecule has 0 aliphatic rings. The summed E-state index contributed by atoms with van der Waals surface area (Å²) in [5.41, 5.74) is 2.85. The molecule has 6 nitrogen and oxygen atoms in total. The normalized spacial score (nSPS) is 8.90. The van der Waals surface area contributed by atoms with Gasteiger partial charge in [-0.05, 0) is 51.7 Å². The van der Waals surface area contributed by atoms with Gasteiger partial charge in [0.05, 0.1) is 0 Å². The standard InChI is InChI=1S/C10H16N.C9H14N.2C2H4O2/c1-3-5-10-6-8-11(4-2)9-7-10;1-3-9-5-7-10(4-2)8-6-9;2*1-2(3)4/h6-9H,3-5H2,1-2H3;5-8H,3-4H2,1-2H3;2*1H3,(H,3,4)/q2*+1;;/p-2. The average Bonchev–Trinajstić information content (AvgIpc) is 2.68. The van der Waals surface area contributed by atoms with Crippen LogP contribution in [0.5, 0.6) is 0 Å². The third-order valence-corrected chi connectivity index (χ3v) is 3.60. The van der Waals surface area contributed by atoms with E-state index in [1.54, 1.807) is 0 Å². The first kappa shape index (κ1) is 28.4. The Kier molecular flexibility index (Phi) is 18.2. The predicted octanol–water partition coefficient (Wildman–Crippen LogP) is 1.02. The molecule has 6 heteroatoms. The van der Waals surface area contributed by atoms with Crippen LogP contribution in [-0.4, -0.2) is 11.9 Å². The summed E-state index contributed by atoms with van der Waals surface area (Å²) in [4.78, 5) is 17.8. The minimum Gasteiger partial charge on any atom is -0.550 e. The van der Waals surface area contributed by atoms with Crippen LogP contribution >= 0.6 is 0 Å². The van der Waals surface area contributed by atoms with Crippen LogP contribution in [0.4, 0.5) is 0 Å². The summed E-state index contributed by atoms with van der Waals surface area (Å²) in [5, 5.41) is 17.8. The molecule has 0 N–H and O–H groups in total. The van der Waals surface area contributed by atoms with Gasteiger partial charge in [-0.2, -0.15) is 0 Å². The molecule has 0 fully saturated rings. The Balaban J connectivity index is 0. The highest BCUT2D eigenvalue weighted by atomic mass is 16.4. The third kappa shape index (κ3) is 19.8. The second-order valence-electron chi connectivity index (χ2n) is 6.16. The molecule has 0 atom stereocenters. The summed E-state index contributed by atoms with van der Waals surface area (Å²) in [5.74, 6) is -2.17. The summed E-state index contributed by atoms with van der Waals surface area (Å²) in [6, 6.07) is 8.74. The first-order valence-electron chi connectivity index (χ1n) is 10.0. The number of pyridine rings is 2. The molecule has 0 saturated heterocycles.